The van der Waals surface area contributed by atoms with Gasteiger partial charge in [0.15, 0.2) is 0 Å². The zero-order chi connectivity index (χ0) is 16.2. The molecule has 23 heavy (non-hydrogen) atoms. The Morgan fingerprint density at radius 2 is 1.91 bits per heavy atom. The van der Waals surface area contributed by atoms with Gasteiger partial charge < -0.3 is 14.2 Å². The van der Waals surface area contributed by atoms with E-state index in [-0.39, 0.29) is 0 Å². The SMILES string of the molecule is CCOc1ccccc1N1CCN(Cc2ncc(Cl)n2C)CC1. The van der Waals surface area contributed by atoms with Gasteiger partial charge in [-0.15, -0.1) is 0 Å². The van der Waals surface area contributed by atoms with E-state index in [9.17, 15) is 0 Å². The van der Waals surface area contributed by atoms with Crippen LogP contribution in [0, 0.1) is 0 Å². The van der Waals surface area contributed by atoms with E-state index < -0.39 is 0 Å². The monoisotopic (exact) mass is 334 g/mol. The van der Waals surface area contributed by atoms with Gasteiger partial charge >= 0.3 is 0 Å². The number of hydrogen-bond donors (Lipinski definition) is 0. The predicted octanol–water partition coefficient (Wildman–Crippen LogP) is 2.79. The predicted molar refractivity (Wildman–Crippen MR) is 93.3 cm³/mol. The summed E-state index contributed by atoms with van der Waals surface area (Å²) in [5, 5.41) is 0.685. The van der Waals surface area contributed by atoms with Gasteiger partial charge in [0.25, 0.3) is 0 Å². The van der Waals surface area contributed by atoms with Crippen molar-refractivity contribution >= 4 is 17.3 Å². The molecule has 1 aromatic heterocycles. The normalized spacial score (nSPS) is 15.9. The molecule has 2 aromatic rings. The molecule has 0 amide bonds. The fourth-order valence-electron chi connectivity index (χ4n) is 2.91. The Bertz CT molecular complexity index is 650. The molecule has 0 radical (unpaired) electrons. The van der Waals surface area contributed by atoms with Gasteiger partial charge in [0.1, 0.15) is 16.7 Å². The summed E-state index contributed by atoms with van der Waals surface area (Å²) in [7, 11) is 1.96. The first kappa shape index (κ1) is 16.1. The van der Waals surface area contributed by atoms with Gasteiger partial charge in [0, 0.05) is 33.2 Å². The molecule has 1 aliphatic heterocycles. The maximum absolute atomic E-state index is 6.06. The number of piperazine rings is 1. The molecule has 1 fully saturated rings. The highest BCUT2D eigenvalue weighted by atomic mass is 35.5. The summed E-state index contributed by atoms with van der Waals surface area (Å²) >= 11 is 6.06. The van der Waals surface area contributed by atoms with Crippen molar-refractivity contribution in [3.63, 3.8) is 0 Å². The third kappa shape index (κ3) is 3.62. The largest absolute Gasteiger partial charge is 0.492 e. The quantitative estimate of drug-likeness (QED) is 0.842. The van der Waals surface area contributed by atoms with E-state index in [1.165, 1.54) is 5.69 Å². The maximum atomic E-state index is 6.06. The van der Waals surface area contributed by atoms with Crippen LogP contribution >= 0.6 is 11.6 Å². The molecule has 0 spiro atoms. The van der Waals surface area contributed by atoms with Crippen LogP contribution in [0.3, 0.4) is 0 Å². The van der Waals surface area contributed by atoms with E-state index in [0.29, 0.717) is 11.8 Å². The number of benzene rings is 1. The summed E-state index contributed by atoms with van der Waals surface area (Å²) in [5.74, 6) is 1.98. The molecule has 0 atom stereocenters. The van der Waals surface area contributed by atoms with E-state index in [4.69, 9.17) is 16.3 Å². The highest BCUT2D eigenvalue weighted by molar-refractivity contribution is 6.29. The lowest BCUT2D eigenvalue weighted by molar-refractivity contribution is 0.240. The van der Waals surface area contributed by atoms with Crippen LogP contribution in [-0.2, 0) is 13.6 Å². The zero-order valence-electron chi connectivity index (χ0n) is 13.7. The number of para-hydroxylation sites is 2. The summed E-state index contributed by atoms with van der Waals surface area (Å²) in [4.78, 5) is 9.19. The topological polar surface area (TPSA) is 33.5 Å². The first-order chi connectivity index (χ1) is 11.2. The third-order valence-electron chi connectivity index (χ3n) is 4.27. The Kier molecular flexibility index (Phi) is 5.08. The maximum Gasteiger partial charge on any atom is 0.142 e. The van der Waals surface area contributed by atoms with Crippen molar-refractivity contribution in [1.82, 2.24) is 14.5 Å². The molecule has 124 valence electrons. The lowest BCUT2D eigenvalue weighted by Gasteiger charge is -2.36. The van der Waals surface area contributed by atoms with E-state index in [1.807, 2.05) is 30.7 Å². The highest BCUT2D eigenvalue weighted by Crippen LogP contribution is 2.29. The molecule has 6 heteroatoms. The summed E-state index contributed by atoms with van der Waals surface area (Å²) in [6.45, 7) is 7.54. The van der Waals surface area contributed by atoms with Crippen LogP contribution in [-0.4, -0.2) is 47.2 Å². The van der Waals surface area contributed by atoms with Gasteiger partial charge in [-0.05, 0) is 19.1 Å². The second-order valence-electron chi connectivity index (χ2n) is 5.72. The number of nitrogens with zero attached hydrogens (tertiary/aromatic N) is 4. The molecule has 1 aliphatic rings. The third-order valence-corrected chi connectivity index (χ3v) is 4.62. The number of aromatic nitrogens is 2. The van der Waals surface area contributed by atoms with E-state index in [0.717, 1.165) is 44.3 Å². The van der Waals surface area contributed by atoms with Crippen molar-refractivity contribution in [1.29, 1.82) is 0 Å². The van der Waals surface area contributed by atoms with Crippen molar-refractivity contribution in [3.8, 4) is 5.75 Å². The lowest BCUT2D eigenvalue weighted by atomic mass is 10.2. The van der Waals surface area contributed by atoms with Crippen molar-refractivity contribution in [2.45, 2.75) is 13.5 Å². The van der Waals surface area contributed by atoms with Crippen LogP contribution < -0.4 is 9.64 Å². The number of rotatable bonds is 5. The summed E-state index contributed by atoms with van der Waals surface area (Å²) in [5.41, 5.74) is 1.19. The average molecular weight is 335 g/mol. The molecule has 0 saturated carbocycles. The molecule has 0 N–H and O–H groups in total. The van der Waals surface area contributed by atoms with Gasteiger partial charge in [0.05, 0.1) is 25.0 Å². The highest BCUT2D eigenvalue weighted by Gasteiger charge is 2.20. The number of hydrogen-bond acceptors (Lipinski definition) is 4. The molecule has 3 rings (SSSR count). The van der Waals surface area contributed by atoms with Crippen LogP contribution in [0.4, 0.5) is 5.69 Å². The van der Waals surface area contributed by atoms with E-state index in [2.05, 4.69) is 26.9 Å². The molecule has 0 aliphatic carbocycles. The minimum Gasteiger partial charge on any atom is -0.492 e. The molecular formula is C17H23ClN4O. The lowest BCUT2D eigenvalue weighted by Crippen LogP contribution is -2.46. The standard InChI is InChI=1S/C17H23ClN4O/c1-3-23-15-7-5-4-6-14(15)22-10-8-21(9-11-22)13-17-19-12-16(18)20(17)2/h4-7,12H,3,8-11,13H2,1-2H3. The van der Waals surface area contributed by atoms with Crippen LogP contribution in [0.15, 0.2) is 30.5 Å². The second-order valence-corrected chi connectivity index (χ2v) is 6.11. The minimum atomic E-state index is 0.685. The van der Waals surface area contributed by atoms with Gasteiger partial charge in [0.2, 0.25) is 0 Å². The molecule has 0 unspecified atom stereocenters. The first-order valence-electron chi connectivity index (χ1n) is 8.04. The average Bonchev–Trinajstić information content (AvgIpc) is 2.89. The Balaban J connectivity index is 1.61. The van der Waals surface area contributed by atoms with Crippen LogP contribution in [0.25, 0.3) is 0 Å². The van der Waals surface area contributed by atoms with Crippen molar-refractivity contribution in [2.75, 3.05) is 37.7 Å². The Morgan fingerprint density at radius 3 is 2.57 bits per heavy atom. The van der Waals surface area contributed by atoms with Crippen molar-refractivity contribution < 1.29 is 4.74 Å². The number of halogens is 1. The summed E-state index contributed by atoms with van der Waals surface area (Å²) in [6.07, 6.45) is 1.71. The van der Waals surface area contributed by atoms with Crippen molar-refractivity contribution in [2.24, 2.45) is 7.05 Å². The second kappa shape index (κ2) is 7.23. The van der Waals surface area contributed by atoms with Crippen LogP contribution in [0.2, 0.25) is 5.15 Å². The fourth-order valence-corrected chi connectivity index (χ4v) is 3.06. The summed E-state index contributed by atoms with van der Waals surface area (Å²) in [6, 6.07) is 8.27. The van der Waals surface area contributed by atoms with Gasteiger partial charge in [-0.2, -0.15) is 0 Å². The molecule has 0 bridgehead atoms. The number of ether oxygens (including phenoxy) is 1. The Morgan fingerprint density at radius 1 is 1.17 bits per heavy atom. The first-order valence-corrected chi connectivity index (χ1v) is 8.42. The van der Waals surface area contributed by atoms with Gasteiger partial charge in [-0.25, -0.2) is 4.98 Å². The molecular weight excluding hydrogens is 312 g/mol. The summed E-state index contributed by atoms with van der Waals surface area (Å²) < 4.78 is 7.69. The van der Waals surface area contributed by atoms with Crippen LogP contribution in [0.5, 0.6) is 5.75 Å². The molecule has 1 aromatic carbocycles. The Labute approximate surface area is 142 Å². The van der Waals surface area contributed by atoms with E-state index >= 15 is 0 Å². The van der Waals surface area contributed by atoms with Crippen molar-refractivity contribution in [3.05, 3.63) is 41.4 Å². The molecule has 5 nitrogen and oxygen atoms in total. The van der Waals surface area contributed by atoms with Crippen LogP contribution in [0.1, 0.15) is 12.7 Å². The molecule has 1 saturated heterocycles. The van der Waals surface area contributed by atoms with Gasteiger partial charge in [-0.3, -0.25) is 4.90 Å². The number of imidazole rings is 1. The smallest absolute Gasteiger partial charge is 0.142 e. The molecule has 2 heterocycles. The Hall–Kier alpha value is -1.72. The zero-order valence-corrected chi connectivity index (χ0v) is 14.5. The minimum absolute atomic E-state index is 0.685. The van der Waals surface area contributed by atoms with Gasteiger partial charge in [-0.1, -0.05) is 23.7 Å². The van der Waals surface area contributed by atoms with E-state index in [1.54, 1.807) is 6.20 Å². The number of anilines is 1. The fraction of sp³-hybridized carbons (Fsp3) is 0.471.